The number of aromatic amines is 1. The monoisotopic (exact) mass is 852 g/mol. The maximum atomic E-state index is 12.7. The Morgan fingerprint density at radius 1 is 1.09 bits per heavy atom. The first-order chi connectivity index (χ1) is 26.1. The second kappa shape index (κ2) is 21.3. The predicted octanol–water partition coefficient (Wildman–Crippen LogP) is 1.54. The zero-order valence-corrected chi connectivity index (χ0v) is 32.7. The zero-order chi connectivity index (χ0) is 40.6. The van der Waals surface area contributed by atoms with Crippen LogP contribution in [0.25, 0.3) is 22.0 Å². The number of benzene rings is 1. The standard InChI is InChI=1S/C32H45N13O8.O.Tc/c1-18-31(2,3)44-51-15-14-37-32(4,5)23(43-53-45-52-42-18)12-13-34-24(46)11-10-22(29(49)50)39-27(47)19-6-8-20(9-7-19)35-16-21-17-36-26-25(38-21)28(48)41-30(33)40-26;;/h6-9,17,22,27,35,39,45,47H,10-16H2,1-5H3,(H,34,46)(H,49,50)(H3,33,36,40,41,48);;/q-2;;+2/b42-18+,43-23+;;. The molecular formula is C32H45N13O9Tc. The summed E-state index contributed by atoms with van der Waals surface area (Å²) in [5.74, 6) is -1.68. The molecule has 0 radical (unpaired) electrons. The molecule has 0 bridgehead atoms. The summed E-state index contributed by atoms with van der Waals surface area (Å²) < 4.78 is 8.22. The predicted molar refractivity (Wildman–Crippen MR) is 195 cm³/mol. The first kappa shape index (κ1) is 44.5. The number of hydrogen-bond donors (Lipinski definition) is 8. The number of hydrogen-bond acceptors (Lipinski definition) is 17. The number of H-pyrrole nitrogens is 1. The molecular weight excluding hydrogens is 808 g/mol. The Bertz CT molecular complexity index is 1860. The molecule has 3 heterocycles. The van der Waals surface area contributed by atoms with Gasteiger partial charge in [0.1, 0.15) is 12.3 Å². The Labute approximate surface area is 326 Å². The third-order valence-electron chi connectivity index (χ3n) is 8.17. The van der Waals surface area contributed by atoms with Gasteiger partial charge in [-0.05, 0) is 31.0 Å². The average molecular weight is 854 g/mol. The molecule has 2 unspecified atom stereocenters. The van der Waals surface area contributed by atoms with Gasteiger partial charge < -0.3 is 42.2 Å². The molecule has 1 amide bonds. The summed E-state index contributed by atoms with van der Waals surface area (Å²) in [6, 6.07) is 5.37. The zero-order valence-electron chi connectivity index (χ0n) is 30.8. The van der Waals surface area contributed by atoms with Crippen LogP contribution in [0, 0.1) is 0 Å². The number of carbonyl (C=O) groups is 2. The van der Waals surface area contributed by atoms with Gasteiger partial charge in [-0.1, -0.05) is 61.2 Å². The van der Waals surface area contributed by atoms with Gasteiger partial charge in [0.2, 0.25) is 11.9 Å². The van der Waals surface area contributed by atoms with Gasteiger partial charge in [-0.3, -0.25) is 34.6 Å². The van der Waals surface area contributed by atoms with Crippen LogP contribution in [0.5, 0.6) is 0 Å². The number of nitrogens with two attached hydrogens (primary N) is 1. The van der Waals surface area contributed by atoms with E-state index < -0.39 is 40.8 Å². The Balaban J connectivity index is 0.00000399. The molecule has 1 aliphatic heterocycles. The van der Waals surface area contributed by atoms with Crippen molar-refractivity contribution in [2.45, 2.75) is 83.8 Å². The van der Waals surface area contributed by atoms with Gasteiger partial charge in [0, 0.05) is 43.1 Å². The molecule has 0 aliphatic carbocycles. The SMILES string of the molecule is C/C1=N\ONO/N=C(\CCNC(=O)CCC(NC(O)c2ccc(NCc3cnc4nc(N)[nH]c(=O)c4n3)cc2)C(=O)O)C(C)(C)[N-]CCO[N-]C1(C)C.[O]=[Tc+2]. The molecule has 3 aromatic rings. The Morgan fingerprint density at radius 2 is 1.80 bits per heavy atom. The summed E-state index contributed by atoms with van der Waals surface area (Å²) in [5, 5.41) is 41.7. The van der Waals surface area contributed by atoms with Crippen molar-refractivity contribution >= 4 is 46.1 Å². The fraction of sp³-hybridized carbons (Fsp3) is 0.500. The van der Waals surface area contributed by atoms with Gasteiger partial charge in [0.25, 0.3) is 5.56 Å². The van der Waals surface area contributed by atoms with Crippen LogP contribution in [0.15, 0.2) is 45.6 Å². The van der Waals surface area contributed by atoms with Crippen LogP contribution in [-0.4, -0.2) is 90.3 Å². The van der Waals surface area contributed by atoms with Crippen LogP contribution < -0.4 is 32.9 Å². The number of aromatic nitrogens is 4. The second-order valence-electron chi connectivity index (χ2n) is 13.0. The molecule has 4 rings (SSSR count). The van der Waals surface area contributed by atoms with Crippen molar-refractivity contribution in [1.82, 2.24) is 36.2 Å². The molecule has 0 saturated carbocycles. The number of oxime groups is 2. The van der Waals surface area contributed by atoms with Crippen LogP contribution in [0.2, 0.25) is 0 Å². The molecule has 23 heteroatoms. The fourth-order valence-electron chi connectivity index (χ4n) is 4.76. The van der Waals surface area contributed by atoms with Crippen molar-refractivity contribution < 1.29 is 56.9 Å². The number of nitrogens with one attached hydrogen (secondary N) is 5. The number of nitrogen functional groups attached to an aromatic ring is 1. The van der Waals surface area contributed by atoms with Crippen molar-refractivity contribution in [3.63, 3.8) is 0 Å². The van der Waals surface area contributed by atoms with Gasteiger partial charge in [-0.15, -0.1) is 6.54 Å². The van der Waals surface area contributed by atoms with E-state index in [9.17, 15) is 24.6 Å². The van der Waals surface area contributed by atoms with E-state index in [-0.39, 0.29) is 56.1 Å². The minimum atomic E-state index is -1.33. The normalized spacial score (nSPS) is 18.9. The third kappa shape index (κ3) is 14.1. The van der Waals surface area contributed by atoms with Crippen molar-refractivity contribution in [3.05, 3.63) is 62.9 Å². The quantitative estimate of drug-likeness (QED) is 0.113. The molecule has 1 aromatic carbocycles. The fourth-order valence-corrected chi connectivity index (χ4v) is 4.76. The number of nitrogens with zero attached hydrogens (tertiary/aromatic N) is 7. The molecule has 0 saturated heterocycles. The summed E-state index contributed by atoms with van der Waals surface area (Å²) in [7, 11) is 0. The van der Waals surface area contributed by atoms with Crippen LogP contribution >= 0.6 is 0 Å². The number of hydroxylamine groups is 1. The van der Waals surface area contributed by atoms with Crippen molar-refractivity contribution in [2.24, 2.45) is 10.3 Å². The summed E-state index contributed by atoms with van der Waals surface area (Å²) in [6.45, 7) is 9.92. The number of aliphatic carboxylic acids is 1. The van der Waals surface area contributed by atoms with Gasteiger partial charge in [0.05, 0.1) is 24.1 Å². The van der Waals surface area contributed by atoms with E-state index in [1.165, 1.54) is 6.20 Å². The van der Waals surface area contributed by atoms with Gasteiger partial charge in [0.15, 0.2) is 11.2 Å². The topological polar surface area (TPSA) is 318 Å². The van der Waals surface area contributed by atoms with Crippen LogP contribution in [0.3, 0.4) is 0 Å². The number of rotatable bonds is 13. The average Bonchev–Trinajstić information content (AvgIpc) is 3.14. The first-order valence-corrected chi connectivity index (χ1v) is 17.6. The van der Waals surface area contributed by atoms with E-state index in [0.29, 0.717) is 34.9 Å². The number of carboxylic acids is 1. The number of carboxylic acid groups (broad SMARTS) is 1. The van der Waals surface area contributed by atoms with E-state index in [1.54, 1.807) is 31.2 Å². The summed E-state index contributed by atoms with van der Waals surface area (Å²) in [5.41, 5.74) is 12.6. The molecule has 1 aliphatic rings. The van der Waals surface area contributed by atoms with Crippen LogP contribution in [-0.2, 0) is 53.2 Å². The molecule has 299 valence electrons. The summed E-state index contributed by atoms with van der Waals surface area (Å²) >= 11 is 0.900. The Hall–Kier alpha value is -4.87. The number of fused-ring (bicyclic) bond motifs is 1. The second-order valence-corrected chi connectivity index (χ2v) is 13.0. The Kier molecular flexibility index (Phi) is 17.2. The van der Waals surface area contributed by atoms with E-state index in [2.05, 4.69) is 62.6 Å². The van der Waals surface area contributed by atoms with Crippen molar-refractivity contribution in [2.75, 3.05) is 30.7 Å². The van der Waals surface area contributed by atoms with E-state index >= 15 is 0 Å². The third-order valence-corrected chi connectivity index (χ3v) is 8.17. The van der Waals surface area contributed by atoms with Gasteiger partial charge in [-0.2, -0.15) is 4.98 Å². The van der Waals surface area contributed by atoms with Crippen molar-refractivity contribution in [3.8, 4) is 0 Å². The molecule has 55 heavy (non-hydrogen) atoms. The maximum absolute atomic E-state index is 12.7. The number of carbonyl (C=O) groups excluding carboxylic acids is 1. The number of amides is 1. The van der Waals surface area contributed by atoms with E-state index in [0.717, 1.165) is 18.9 Å². The van der Waals surface area contributed by atoms with Crippen LogP contribution in [0.4, 0.5) is 11.6 Å². The number of aliphatic hydroxyl groups excluding tert-OH is 1. The first-order valence-electron chi connectivity index (χ1n) is 16.8. The summed E-state index contributed by atoms with van der Waals surface area (Å²) in [4.78, 5) is 67.0. The van der Waals surface area contributed by atoms with E-state index in [1.807, 2.05) is 27.7 Å². The number of aliphatic hydroxyl groups is 1. The molecule has 0 fully saturated rings. The number of anilines is 2. The minimum absolute atomic E-state index is 0.0535. The van der Waals surface area contributed by atoms with Crippen molar-refractivity contribution in [1.29, 1.82) is 0 Å². The Morgan fingerprint density at radius 3 is 2.51 bits per heavy atom. The van der Waals surface area contributed by atoms with E-state index in [4.69, 9.17) is 24.0 Å². The van der Waals surface area contributed by atoms with Gasteiger partial charge >= 0.3 is 28.3 Å². The van der Waals surface area contributed by atoms with Crippen LogP contribution in [0.1, 0.15) is 71.4 Å². The molecule has 9 N–H and O–H groups in total. The molecule has 2 atom stereocenters. The van der Waals surface area contributed by atoms with Gasteiger partial charge in [-0.25, -0.2) is 9.97 Å². The molecule has 22 nitrogen and oxygen atoms in total. The molecule has 0 spiro atoms. The molecule has 2 aromatic heterocycles. The summed E-state index contributed by atoms with van der Waals surface area (Å²) in [6.07, 6.45) is 0.162.